The maximum absolute atomic E-state index is 12.5. The number of hydrogen-bond acceptors (Lipinski definition) is 1. The van der Waals surface area contributed by atoms with E-state index in [9.17, 15) is 4.79 Å². The Bertz CT molecular complexity index is 669. The fourth-order valence-electron chi connectivity index (χ4n) is 3.02. The lowest BCUT2D eigenvalue weighted by Crippen LogP contribution is -2.36. The largest absolute Gasteiger partial charge is 0.322 e. The molecule has 114 valence electrons. The molecule has 1 N–H and O–H groups in total. The highest BCUT2D eigenvalue weighted by Crippen LogP contribution is 2.33. The van der Waals surface area contributed by atoms with Crippen LogP contribution in [0.15, 0.2) is 48.5 Å². The van der Waals surface area contributed by atoms with Crippen molar-refractivity contribution < 1.29 is 4.79 Å². The number of hydrogen-bond donors (Lipinski definition) is 1. The molecule has 0 saturated carbocycles. The summed E-state index contributed by atoms with van der Waals surface area (Å²) in [5, 5.41) is 3.59. The second-order valence-corrected chi connectivity index (χ2v) is 6.09. The fraction of sp³-hybridized carbons (Fsp3) is 0.278. The number of urea groups is 1. The molecule has 1 aliphatic carbocycles. The molecule has 0 radical (unpaired) electrons. The van der Waals surface area contributed by atoms with Crippen LogP contribution in [0.25, 0.3) is 0 Å². The number of carbonyl (C=O) groups is 1. The molecular weight excluding hydrogens is 296 g/mol. The van der Waals surface area contributed by atoms with Crippen molar-refractivity contribution in [1.82, 2.24) is 4.90 Å². The number of aryl methyl sites for hydroxylation is 1. The SMILES string of the molecule is CN(C(=O)Nc1ccc(Cl)cc1)C1CCCc2ccccc21. The Kier molecular flexibility index (Phi) is 4.34. The first kappa shape index (κ1) is 14.9. The van der Waals surface area contributed by atoms with Crippen molar-refractivity contribution in [2.75, 3.05) is 12.4 Å². The maximum Gasteiger partial charge on any atom is 0.322 e. The quantitative estimate of drug-likeness (QED) is 0.841. The van der Waals surface area contributed by atoms with Gasteiger partial charge in [0.15, 0.2) is 0 Å². The molecule has 0 saturated heterocycles. The minimum Gasteiger partial charge on any atom is -0.321 e. The Morgan fingerprint density at radius 1 is 1.18 bits per heavy atom. The van der Waals surface area contributed by atoms with Crippen molar-refractivity contribution in [3.8, 4) is 0 Å². The van der Waals surface area contributed by atoms with Crippen LogP contribution in [0.3, 0.4) is 0 Å². The Labute approximate surface area is 135 Å². The van der Waals surface area contributed by atoms with E-state index in [2.05, 4.69) is 23.5 Å². The van der Waals surface area contributed by atoms with E-state index in [0.717, 1.165) is 24.9 Å². The van der Waals surface area contributed by atoms with Gasteiger partial charge in [0.25, 0.3) is 0 Å². The van der Waals surface area contributed by atoms with Crippen molar-refractivity contribution in [3.63, 3.8) is 0 Å². The third kappa shape index (κ3) is 3.09. The minimum atomic E-state index is -0.0935. The number of nitrogens with one attached hydrogen (secondary N) is 1. The van der Waals surface area contributed by atoms with E-state index in [1.807, 2.05) is 25.2 Å². The standard InChI is InChI=1S/C18H19ClN2O/c1-21(18(22)20-15-11-9-14(19)10-12-15)17-8-4-6-13-5-2-3-7-16(13)17/h2-3,5,7,9-12,17H,4,6,8H2,1H3,(H,20,22). The van der Waals surface area contributed by atoms with E-state index in [0.29, 0.717) is 5.02 Å². The number of amides is 2. The molecule has 22 heavy (non-hydrogen) atoms. The number of anilines is 1. The number of fused-ring (bicyclic) bond motifs is 1. The number of benzene rings is 2. The summed E-state index contributed by atoms with van der Waals surface area (Å²) >= 11 is 5.87. The summed E-state index contributed by atoms with van der Waals surface area (Å²) in [6.45, 7) is 0. The molecule has 0 spiro atoms. The number of carbonyl (C=O) groups excluding carboxylic acids is 1. The van der Waals surface area contributed by atoms with Gasteiger partial charge in [-0.05, 0) is 54.7 Å². The smallest absolute Gasteiger partial charge is 0.321 e. The zero-order chi connectivity index (χ0) is 15.5. The topological polar surface area (TPSA) is 32.3 Å². The van der Waals surface area contributed by atoms with Gasteiger partial charge in [-0.15, -0.1) is 0 Å². The second kappa shape index (κ2) is 6.41. The van der Waals surface area contributed by atoms with Gasteiger partial charge < -0.3 is 10.2 Å². The lowest BCUT2D eigenvalue weighted by Gasteiger charge is -2.33. The van der Waals surface area contributed by atoms with Crippen LogP contribution < -0.4 is 5.32 Å². The van der Waals surface area contributed by atoms with Crippen molar-refractivity contribution >= 4 is 23.3 Å². The average Bonchev–Trinajstić information content (AvgIpc) is 2.55. The van der Waals surface area contributed by atoms with Crippen molar-refractivity contribution in [2.45, 2.75) is 25.3 Å². The highest BCUT2D eigenvalue weighted by Gasteiger charge is 2.26. The lowest BCUT2D eigenvalue weighted by atomic mass is 9.87. The minimum absolute atomic E-state index is 0.0935. The first-order chi connectivity index (χ1) is 10.6. The lowest BCUT2D eigenvalue weighted by molar-refractivity contribution is 0.197. The molecule has 3 rings (SSSR count). The molecule has 1 unspecified atom stereocenters. The van der Waals surface area contributed by atoms with E-state index in [-0.39, 0.29) is 12.1 Å². The van der Waals surface area contributed by atoms with Gasteiger partial charge in [0, 0.05) is 17.8 Å². The Balaban J connectivity index is 1.75. The van der Waals surface area contributed by atoms with Crippen LogP contribution >= 0.6 is 11.6 Å². The van der Waals surface area contributed by atoms with Crippen LogP contribution in [0.4, 0.5) is 10.5 Å². The maximum atomic E-state index is 12.5. The summed E-state index contributed by atoms with van der Waals surface area (Å²) in [7, 11) is 1.86. The van der Waals surface area contributed by atoms with Gasteiger partial charge in [-0.2, -0.15) is 0 Å². The van der Waals surface area contributed by atoms with Crippen LogP contribution in [0, 0.1) is 0 Å². The van der Waals surface area contributed by atoms with Crippen molar-refractivity contribution in [2.24, 2.45) is 0 Å². The number of rotatable bonds is 2. The van der Waals surface area contributed by atoms with Gasteiger partial charge in [0.05, 0.1) is 6.04 Å². The molecule has 0 aliphatic heterocycles. The molecule has 4 heteroatoms. The molecule has 0 bridgehead atoms. The average molecular weight is 315 g/mol. The Morgan fingerprint density at radius 3 is 2.68 bits per heavy atom. The van der Waals surface area contributed by atoms with Crippen LogP contribution in [-0.2, 0) is 6.42 Å². The highest BCUT2D eigenvalue weighted by atomic mass is 35.5. The molecule has 1 atom stereocenters. The molecule has 0 aromatic heterocycles. The molecule has 0 fully saturated rings. The summed E-state index contributed by atoms with van der Waals surface area (Å²) in [6, 6.07) is 15.6. The molecule has 2 amide bonds. The molecule has 2 aromatic rings. The van der Waals surface area contributed by atoms with Crippen LogP contribution in [0.5, 0.6) is 0 Å². The van der Waals surface area contributed by atoms with Crippen molar-refractivity contribution in [1.29, 1.82) is 0 Å². The molecule has 1 aliphatic rings. The van der Waals surface area contributed by atoms with Crippen LogP contribution in [0.2, 0.25) is 5.02 Å². The van der Waals surface area contributed by atoms with E-state index < -0.39 is 0 Å². The summed E-state index contributed by atoms with van der Waals surface area (Å²) < 4.78 is 0. The van der Waals surface area contributed by atoms with Crippen molar-refractivity contribution in [3.05, 3.63) is 64.7 Å². The zero-order valence-corrected chi connectivity index (χ0v) is 13.3. The van der Waals surface area contributed by atoms with Gasteiger partial charge in [-0.1, -0.05) is 35.9 Å². The third-order valence-corrected chi connectivity index (χ3v) is 4.47. The van der Waals surface area contributed by atoms with Gasteiger partial charge in [-0.3, -0.25) is 0 Å². The van der Waals surface area contributed by atoms with Crippen LogP contribution in [0.1, 0.15) is 30.0 Å². The molecule has 2 aromatic carbocycles. The second-order valence-electron chi connectivity index (χ2n) is 5.65. The summed E-state index contributed by atoms with van der Waals surface area (Å²) in [4.78, 5) is 14.3. The van der Waals surface area contributed by atoms with Gasteiger partial charge >= 0.3 is 6.03 Å². The number of nitrogens with zero attached hydrogens (tertiary/aromatic N) is 1. The van der Waals surface area contributed by atoms with Crippen LogP contribution in [-0.4, -0.2) is 18.0 Å². The summed E-state index contributed by atoms with van der Waals surface area (Å²) in [5.74, 6) is 0. The van der Waals surface area contributed by atoms with E-state index >= 15 is 0 Å². The monoisotopic (exact) mass is 314 g/mol. The fourth-order valence-corrected chi connectivity index (χ4v) is 3.14. The highest BCUT2D eigenvalue weighted by molar-refractivity contribution is 6.30. The van der Waals surface area contributed by atoms with E-state index in [4.69, 9.17) is 11.6 Å². The molecule has 3 nitrogen and oxygen atoms in total. The predicted molar refractivity (Wildman–Crippen MR) is 90.4 cm³/mol. The van der Waals surface area contributed by atoms with E-state index in [1.54, 1.807) is 17.0 Å². The van der Waals surface area contributed by atoms with Gasteiger partial charge in [-0.25, -0.2) is 4.79 Å². The van der Waals surface area contributed by atoms with E-state index in [1.165, 1.54) is 11.1 Å². The Hall–Kier alpha value is -2.00. The molecular formula is C18H19ClN2O. The third-order valence-electron chi connectivity index (χ3n) is 4.22. The zero-order valence-electron chi connectivity index (χ0n) is 12.6. The molecule has 0 heterocycles. The summed E-state index contributed by atoms with van der Waals surface area (Å²) in [5.41, 5.74) is 3.37. The van der Waals surface area contributed by atoms with Gasteiger partial charge in [0.2, 0.25) is 0 Å². The first-order valence-corrected chi connectivity index (χ1v) is 7.90. The normalized spacial score (nSPS) is 16.7. The number of halogens is 1. The first-order valence-electron chi connectivity index (χ1n) is 7.52. The van der Waals surface area contributed by atoms with Gasteiger partial charge in [0.1, 0.15) is 0 Å². The Morgan fingerprint density at radius 2 is 1.91 bits per heavy atom. The summed E-state index contributed by atoms with van der Waals surface area (Å²) in [6.07, 6.45) is 3.21. The predicted octanol–water partition coefficient (Wildman–Crippen LogP) is 4.88.